The number of carbonyl (C=O) groups excluding carboxylic acids is 2. The van der Waals surface area contributed by atoms with Gasteiger partial charge in [0, 0.05) is 6.42 Å². The summed E-state index contributed by atoms with van der Waals surface area (Å²) in [6, 6.07) is -0.723. The molecule has 0 rings (SSSR count). The molecule has 0 bridgehead atoms. The molecule has 0 saturated carbocycles. The van der Waals surface area contributed by atoms with Gasteiger partial charge < -0.3 is 20.3 Å². The van der Waals surface area contributed by atoms with Gasteiger partial charge in [-0.2, -0.15) is 0 Å². The molecule has 58 heavy (non-hydrogen) atoms. The van der Waals surface area contributed by atoms with E-state index in [4.69, 9.17) is 4.74 Å². The summed E-state index contributed by atoms with van der Waals surface area (Å²) < 4.78 is 5.87. The van der Waals surface area contributed by atoms with E-state index in [1.807, 2.05) is 36.5 Å². The van der Waals surface area contributed by atoms with E-state index >= 15 is 0 Å². The summed E-state index contributed by atoms with van der Waals surface area (Å²) in [7, 11) is 0. The molecule has 1 amide bonds. The molecule has 6 nitrogen and oxygen atoms in total. The van der Waals surface area contributed by atoms with Gasteiger partial charge in [-0.05, 0) is 64.2 Å². The van der Waals surface area contributed by atoms with Crippen LogP contribution < -0.4 is 5.32 Å². The molecule has 0 aromatic rings. The second-order valence-electron chi connectivity index (χ2n) is 16.6. The summed E-state index contributed by atoms with van der Waals surface area (Å²) in [4.78, 5) is 26.0. The maximum atomic E-state index is 13.1. The lowest BCUT2D eigenvalue weighted by atomic mass is 10.0. The number of hydrogen-bond donors (Lipinski definition) is 3. The third-order valence-corrected chi connectivity index (χ3v) is 10.9. The van der Waals surface area contributed by atoms with Crippen LogP contribution in [-0.4, -0.2) is 46.9 Å². The van der Waals surface area contributed by atoms with E-state index in [1.54, 1.807) is 0 Å². The molecule has 0 spiro atoms. The van der Waals surface area contributed by atoms with Gasteiger partial charge in [0.1, 0.15) is 6.10 Å². The Balaban J connectivity index is 4.59. The summed E-state index contributed by atoms with van der Waals surface area (Å²) in [5.41, 5.74) is 0. The largest absolute Gasteiger partial charge is 0.462 e. The molecule has 0 fully saturated rings. The number of aliphatic hydroxyl groups excluding tert-OH is 2. The van der Waals surface area contributed by atoms with E-state index in [-0.39, 0.29) is 24.9 Å². The first kappa shape index (κ1) is 55.6. The zero-order chi connectivity index (χ0) is 42.4. The second-order valence-corrected chi connectivity index (χ2v) is 16.6. The van der Waals surface area contributed by atoms with Crippen molar-refractivity contribution in [2.24, 2.45) is 0 Å². The fourth-order valence-electron chi connectivity index (χ4n) is 7.21. The second kappa shape index (κ2) is 45.6. The molecule has 0 aliphatic rings. The Morgan fingerprint density at radius 2 is 0.966 bits per heavy atom. The number of aliphatic hydroxyl groups is 2. The first-order valence-corrected chi connectivity index (χ1v) is 24.6. The van der Waals surface area contributed by atoms with Crippen LogP contribution in [0.4, 0.5) is 0 Å². The van der Waals surface area contributed by atoms with Crippen molar-refractivity contribution >= 4 is 11.9 Å². The van der Waals surface area contributed by atoms with Gasteiger partial charge in [-0.15, -0.1) is 0 Å². The molecule has 0 aromatic carbocycles. The number of rotatable bonds is 43. The van der Waals surface area contributed by atoms with Crippen molar-refractivity contribution in [2.75, 3.05) is 6.61 Å². The topological polar surface area (TPSA) is 95.9 Å². The first-order valence-electron chi connectivity index (χ1n) is 24.6. The number of unbranched alkanes of at least 4 members (excludes halogenated alkanes) is 24. The summed E-state index contributed by atoms with van der Waals surface area (Å²) in [6.07, 6.45) is 55.8. The summed E-state index contributed by atoms with van der Waals surface area (Å²) >= 11 is 0. The van der Waals surface area contributed by atoms with Gasteiger partial charge >= 0.3 is 5.97 Å². The number of hydrogen-bond acceptors (Lipinski definition) is 5. The Bertz CT molecular complexity index is 1050. The highest BCUT2D eigenvalue weighted by atomic mass is 16.5. The molecule has 0 aliphatic carbocycles. The van der Waals surface area contributed by atoms with Crippen LogP contribution in [0.1, 0.15) is 233 Å². The van der Waals surface area contributed by atoms with Crippen molar-refractivity contribution < 1.29 is 24.5 Å². The predicted molar refractivity (Wildman–Crippen MR) is 250 cm³/mol. The third kappa shape index (κ3) is 40.3. The van der Waals surface area contributed by atoms with E-state index in [1.165, 1.54) is 122 Å². The lowest BCUT2D eigenvalue weighted by molar-refractivity contribution is -0.151. The molecule has 0 aliphatic heterocycles. The Morgan fingerprint density at radius 3 is 1.48 bits per heavy atom. The van der Waals surface area contributed by atoms with Gasteiger partial charge in [0.2, 0.25) is 5.91 Å². The average molecular weight is 812 g/mol. The van der Waals surface area contributed by atoms with Crippen molar-refractivity contribution in [3.8, 4) is 0 Å². The molecule has 6 heteroatoms. The average Bonchev–Trinajstić information content (AvgIpc) is 3.22. The van der Waals surface area contributed by atoms with Crippen LogP contribution in [0, 0.1) is 0 Å². The van der Waals surface area contributed by atoms with Crippen molar-refractivity contribution in [1.29, 1.82) is 0 Å². The molecular formula is C52H93NO5. The van der Waals surface area contributed by atoms with Gasteiger partial charge in [0.05, 0.1) is 25.2 Å². The highest BCUT2D eigenvalue weighted by Gasteiger charge is 2.24. The van der Waals surface area contributed by atoms with E-state index in [0.717, 1.165) is 64.2 Å². The van der Waals surface area contributed by atoms with Crippen LogP contribution >= 0.6 is 0 Å². The standard InChI is InChI=1S/C52H93NO5/c1-4-7-10-13-16-19-22-23-24-25-26-27-28-30-33-36-39-42-45-52(57)58-48(43-40-37-34-31-29-20-17-14-11-8-5-2)46-51(56)53-49(47-54)50(55)44-41-38-35-32-21-18-15-12-9-6-3/h8,11,14,17,20,26-27,29,31,34,48-50,54-55H,4-7,9-10,12-13,15-16,18-19,21-25,28,30,32-33,35-47H2,1-3H3,(H,53,56)/b11-8+,17-14+,27-26+,29-20-,34-31-. The molecule has 0 heterocycles. The lowest BCUT2D eigenvalue weighted by Crippen LogP contribution is -2.46. The van der Waals surface area contributed by atoms with E-state index in [9.17, 15) is 19.8 Å². The molecule has 3 atom stereocenters. The van der Waals surface area contributed by atoms with Crippen LogP contribution in [0.5, 0.6) is 0 Å². The van der Waals surface area contributed by atoms with Crippen LogP contribution in [-0.2, 0) is 14.3 Å². The van der Waals surface area contributed by atoms with Gasteiger partial charge in [-0.3, -0.25) is 9.59 Å². The van der Waals surface area contributed by atoms with Gasteiger partial charge in [-0.25, -0.2) is 0 Å². The molecule has 3 N–H and O–H groups in total. The number of nitrogens with one attached hydrogen (secondary N) is 1. The molecular weight excluding hydrogens is 719 g/mol. The number of amides is 1. The minimum absolute atomic E-state index is 0.0273. The summed E-state index contributed by atoms with van der Waals surface area (Å²) in [6.45, 7) is 6.30. The Kier molecular flexibility index (Phi) is 43.7. The van der Waals surface area contributed by atoms with Crippen molar-refractivity contribution in [1.82, 2.24) is 5.32 Å². The van der Waals surface area contributed by atoms with Crippen LogP contribution in [0.15, 0.2) is 60.8 Å². The van der Waals surface area contributed by atoms with Gasteiger partial charge in [0.25, 0.3) is 0 Å². The number of carbonyl (C=O) groups is 2. The number of esters is 1. The minimum atomic E-state index is -0.805. The minimum Gasteiger partial charge on any atom is -0.462 e. The molecule has 0 radical (unpaired) electrons. The monoisotopic (exact) mass is 812 g/mol. The van der Waals surface area contributed by atoms with Crippen molar-refractivity contribution in [3.05, 3.63) is 60.8 Å². The third-order valence-electron chi connectivity index (χ3n) is 10.9. The fraction of sp³-hybridized carbons (Fsp3) is 0.769. The number of allylic oxidation sites excluding steroid dienone is 10. The zero-order valence-corrected chi connectivity index (χ0v) is 38.2. The molecule has 336 valence electrons. The summed E-state index contributed by atoms with van der Waals surface area (Å²) in [5, 5.41) is 23.6. The van der Waals surface area contributed by atoms with Crippen LogP contribution in [0.25, 0.3) is 0 Å². The van der Waals surface area contributed by atoms with Crippen molar-refractivity contribution in [2.45, 2.75) is 251 Å². The van der Waals surface area contributed by atoms with Crippen LogP contribution in [0.3, 0.4) is 0 Å². The van der Waals surface area contributed by atoms with Gasteiger partial charge in [-0.1, -0.05) is 216 Å². The maximum absolute atomic E-state index is 13.1. The highest BCUT2D eigenvalue weighted by Crippen LogP contribution is 2.17. The zero-order valence-electron chi connectivity index (χ0n) is 38.2. The summed E-state index contributed by atoms with van der Waals surface area (Å²) in [5.74, 6) is -0.553. The predicted octanol–water partition coefficient (Wildman–Crippen LogP) is 14.5. The normalized spacial score (nSPS) is 13.8. The first-order chi connectivity index (χ1) is 28.5. The number of ether oxygens (including phenoxy) is 1. The highest BCUT2D eigenvalue weighted by molar-refractivity contribution is 5.77. The molecule has 0 saturated heterocycles. The van der Waals surface area contributed by atoms with E-state index in [2.05, 4.69) is 50.4 Å². The van der Waals surface area contributed by atoms with E-state index < -0.39 is 18.2 Å². The molecule has 3 unspecified atom stereocenters. The van der Waals surface area contributed by atoms with Crippen LogP contribution in [0.2, 0.25) is 0 Å². The fourth-order valence-corrected chi connectivity index (χ4v) is 7.21. The Hall–Kier alpha value is -2.44. The maximum Gasteiger partial charge on any atom is 0.306 e. The quantitative estimate of drug-likeness (QED) is 0.0247. The Morgan fingerprint density at radius 1 is 0.517 bits per heavy atom. The smallest absolute Gasteiger partial charge is 0.306 e. The molecule has 0 aromatic heterocycles. The van der Waals surface area contributed by atoms with Gasteiger partial charge in [0.15, 0.2) is 0 Å². The SMILES string of the molecule is CC/C=C/C=C/C=C\C=C/CCCC(CC(=O)NC(CO)C(O)CCCCCCCCCCCC)OC(=O)CCCCCCC/C=C/CCCCCCCCCCC. The Labute approximate surface area is 358 Å². The lowest BCUT2D eigenvalue weighted by Gasteiger charge is -2.24. The van der Waals surface area contributed by atoms with Crippen molar-refractivity contribution in [3.63, 3.8) is 0 Å². The van der Waals surface area contributed by atoms with E-state index in [0.29, 0.717) is 19.3 Å².